The minimum Gasteiger partial charge on any atom is -0.464 e. The Morgan fingerprint density at radius 2 is 1.80 bits per heavy atom. The molecule has 2 aromatic rings. The van der Waals surface area contributed by atoms with Crippen molar-refractivity contribution in [2.45, 2.75) is 26.7 Å². The van der Waals surface area contributed by atoms with Crippen molar-refractivity contribution in [3.05, 3.63) is 41.9 Å². The number of aryl methyl sites for hydroxylation is 2. The van der Waals surface area contributed by atoms with Crippen LogP contribution in [0.25, 0.3) is 11.3 Å². The van der Waals surface area contributed by atoms with E-state index in [-0.39, 0.29) is 0 Å². The first-order valence-electron chi connectivity index (χ1n) is 5.36. The molecule has 0 saturated carbocycles. The van der Waals surface area contributed by atoms with Crippen LogP contribution in [0.1, 0.15) is 25.0 Å². The van der Waals surface area contributed by atoms with Gasteiger partial charge in [-0.2, -0.15) is 0 Å². The standard InChI is InChI=1S/C13H15NO/c1-3-10-8-14-9-11(4-2)13(10)12-6-5-7-15-12/h5-9H,3-4H2,1-2H3. The SMILES string of the molecule is CCc1cncc(CC)c1-c1ccco1. The van der Waals surface area contributed by atoms with Gasteiger partial charge in [-0.15, -0.1) is 0 Å². The van der Waals surface area contributed by atoms with E-state index in [2.05, 4.69) is 18.8 Å². The molecule has 2 rings (SSSR count). The van der Waals surface area contributed by atoms with Gasteiger partial charge in [-0.3, -0.25) is 4.98 Å². The summed E-state index contributed by atoms with van der Waals surface area (Å²) in [4.78, 5) is 4.26. The van der Waals surface area contributed by atoms with Crippen LogP contribution < -0.4 is 0 Å². The van der Waals surface area contributed by atoms with Gasteiger partial charge >= 0.3 is 0 Å². The summed E-state index contributed by atoms with van der Waals surface area (Å²) in [5.74, 6) is 0.950. The van der Waals surface area contributed by atoms with Crippen LogP contribution in [0.2, 0.25) is 0 Å². The molecule has 2 heterocycles. The van der Waals surface area contributed by atoms with E-state index in [1.165, 1.54) is 16.7 Å². The highest BCUT2D eigenvalue weighted by Gasteiger charge is 2.11. The van der Waals surface area contributed by atoms with Crippen LogP contribution in [-0.4, -0.2) is 4.98 Å². The number of furan rings is 1. The van der Waals surface area contributed by atoms with Crippen LogP contribution in [0.5, 0.6) is 0 Å². The summed E-state index contributed by atoms with van der Waals surface area (Å²) in [7, 11) is 0. The molecule has 0 fully saturated rings. The first kappa shape index (κ1) is 9.97. The predicted molar refractivity (Wildman–Crippen MR) is 60.7 cm³/mol. The van der Waals surface area contributed by atoms with E-state index >= 15 is 0 Å². The fourth-order valence-corrected chi connectivity index (χ4v) is 1.83. The Balaban J connectivity index is 2.61. The average Bonchev–Trinajstić information content (AvgIpc) is 2.81. The summed E-state index contributed by atoms with van der Waals surface area (Å²) in [6, 6.07) is 3.93. The molecule has 0 N–H and O–H groups in total. The Hall–Kier alpha value is -1.57. The van der Waals surface area contributed by atoms with E-state index in [1.807, 2.05) is 24.5 Å². The second-order valence-corrected chi connectivity index (χ2v) is 3.52. The van der Waals surface area contributed by atoms with Crippen LogP contribution >= 0.6 is 0 Å². The predicted octanol–water partition coefficient (Wildman–Crippen LogP) is 3.47. The van der Waals surface area contributed by atoms with Crippen molar-refractivity contribution >= 4 is 0 Å². The number of pyridine rings is 1. The molecule has 0 bridgehead atoms. The zero-order chi connectivity index (χ0) is 10.7. The molecular formula is C13H15NO. The number of aromatic nitrogens is 1. The molecule has 0 spiro atoms. The van der Waals surface area contributed by atoms with Gasteiger partial charge in [-0.1, -0.05) is 13.8 Å². The van der Waals surface area contributed by atoms with E-state index in [9.17, 15) is 0 Å². The summed E-state index contributed by atoms with van der Waals surface area (Å²) in [6.07, 6.45) is 7.54. The van der Waals surface area contributed by atoms with Gasteiger partial charge in [-0.25, -0.2) is 0 Å². The molecule has 0 saturated heterocycles. The quantitative estimate of drug-likeness (QED) is 0.760. The highest BCUT2D eigenvalue weighted by molar-refractivity contribution is 5.65. The maximum Gasteiger partial charge on any atom is 0.134 e. The molecule has 15 heavy (non-hydrogen) atoms. The van der Waals surface area contributed by atoms with E-state index in [1.54, 1.807) is 6.26 Å². The van der Waals surface area contributed by atoms with Crippen molar-refractivity contribution in [3.63, 3.8) is 0 Å². The zero-order valence-electron chi connectivity index (χ0n) is 9.16. The fourth-order valence-electron chi connectivity index (χ4n) is 1.83. The zero-order valence-corrected chi connectivity index (χ0v) is 9.16. The van der Waals surface area contributed by atoms with E-state index in [4.69, 9.17) is 4.42 Å². The molecule has 78 valence electrons. The van der Waals surface area contributed by atoms with Crippen LogP contribution in [-0.2, 0) is 12.8 Å². The first-order valence-corrected chi connectivity index (χ1v) is 5.36. The lowest BCUT2D eigenvalue weighted by Gasteiger charge is -2.09. The number of hydrogen-bond acceptors (Lipinski definition) is 2. The van der Waals surface area contributed by atoms with Crippen LogP contribution in [0.3, 0.4) is 0 Å². The average molecular weight is 201 g/mol. The first-order chi connectivity index (χ1) is 7.36. The lowest BCUT2D eigenvalue weighted by Crippen LogP contribution is -1.95. The van der Waals surface area contributed by atoms with Gasteiger partial charge in [0, 0.05) is 18.0 Å². The third kappa shape index (κ3) is 1.80. The Morgan fingerprint density at radius 3 is 2.27 bits per heavy atom. The van der Waals surface area contributed by atoms with Gasteiger partial charge in [-0.05, 0) is 36.1 Å². The maximum atomic E-state index is 5.48. The van der Waals surface area contributed by atoms with Crippen LogP contribution in [0, 0.1) is 0 Å². The largest absolute Gasteiger partial charge is 0.464 e. The Kier molecular flexibility index (Phi) is 2.86. The van der Waals surface area contributed by atoms with Crippen molar-refractivity contribution in [1.82, 2.24) is 4.98 Å². The summed E-state index contributed by atoms with van der Waals surface area (Å²) >= 11 is 0. The molecule has 0 aliphatic heterocycles. The molecule has 0 radical (unpaired) electrons. The van der Waals surface area contributed by atoms with Crippen molar-refractivity contribution < 1.29 is 4.42 Å². The van der Waals surface area contributed by atoms with Gasteiger partial charge in [0.1, 0.15) is 5.76 Å². The second-order valence-electron chi connectivity index (χ2n) is 3.52. The normalized spacial score (nSPS) is 10.5. The molecule has 0 aromatic carbocycles. The van der Waals surface area contributed by atoms with Crippen molar-refractivity contribution in [2.24, 2.45) is 0 Å². The highest BCUT2D eigenvalue weighted by atomic mass is 16.3. The van der Waals surface area contributed by atoms with Gasteiger partial charge < -0.3 is 4.42 Å². The summed E-state index contributed by atoms with van der Waals surface area (Å²) < 4.78 is 5.48. The summed E-state index contributed by atoms with van der Waals surface area (Å²) in [5, 5.41) is 0. The third-order valence-corrected chi connectivity index (χ3v) is 2.63. The van der Waals surface area contributed by atoms with E-state index in [0.717, 1.165) is 18.6 Å². The van der Waals surface area contributed by atoms with E-state index < -0.39 is 0 Å². The molecular weight excluding hydrogens is 186 g/mol. The Morgan fingerprint density at radius 1 is 1.13 bits per heavy atom. The Labute approximate surface area is 90.0 Å². The summed E-state index contributed by atoms with van der Waals surface area (Å²) in [6.45, 7) is 4.28. The molecule has 2 aromatic heterocycles. The smallest absolute Gasteiger partial charge is 0.134 e. The molecule has 2 heteroatoms. The molecule has 2 nitrogen and oxygen atoms in total. The Bertz CT molecular complexity index is 410. The topological polar surface area (TPSA) is 26.0 Å². The highest BCUT2D eigenvalue weighted by Crippen LogP contribution is 2.28. The van der Waals surface area contributed by atoms with Gasteiger partial charge in [0.25, 0.3) is 0 Å². The van der Waals surface area contributed by atoms with Crippen molar-refractivity contribution in [3.8, 4) is 11.3 Å². The minimum absolute atomic E-state index is 0.950. The van der Waals surface area contributed by atoms with Crippen LogP contribution in [0.4, 0.5) is 0 Å². The van der Waals surface area contributed by atoms with Crippen molar-refractivity contribution in [1.29, 1.82) is 0 Å². The fraction of sp³-hybridized carbons (Fsp3) is 0.308. The number of hydrogen-bond donors (Lipinski definition) is 0. The summed E-state index contributed by atoms with van der Waals surface area (Å²) in [5.41, 5.74) is 3.73. The number of rotatable bonds is 3. The molecule has 0 atom stereocenters. The monoisotopic (exact) mass is 201 g/mol. The van der Waals surface area contributed by atoms with Gasteiger partial charge in [0.2, 0.25) is 0 Å². The third-order valence-electron chi connectivity index (χ3n) is 2.63. The lowest BCUT2D eigenvalue weighted by atomic mass is 9.99. The van der Waals surface area contributed by atoms with Gasteiger partial charge in [0.15, 0.2) is 0 Å². The lowest BCUT2D eigenvalue weighted by molar-refractivity contribution is 0.580. The molecule has 0 amide bonds. The van der Waals surface area contributed by atoms with E-state index in [0.29, 0.717) is 0 Å². The second kappa shape index (κ2) is 4.30. The van der Waals surface area contributed by atoms with Gasteiger partial charge in [0.05, 0.1) is 6.26 Å². The number of nitrogens with zero attached hydrogens (tertiary/aromatic N) is 1. The van der Waals surface area contributed by atoms with Crippen molar-refractivity contribution in [2.75, 3.05) is 0 Å². The van der Waals surface area contributed by atoms with Crippen LogP contribution in [0.15, 0.2) is 35.2 Å². The maximum absolute atomic E-state index is 5.48. The molecule has 0 unspecified atom stereocenters. The molecule has 0 aliphatic rings. The minimum atomic E-state index is 0.950. The molecule has 0 aliphatic carbocycles.